The highest BCUT2D eigenvalue weighted by Crippen LogP contribution is 2.33. The fraction of sp³-hybridized carbons (Fsp3) is 0.118. The molecule has 0 unspecified atom stereocenters. The number of ether oxygens (including phenoxy) is 2. The van der Waals surface area contributed by atoms with Gasteiger partial charge in [-0.3, -0.25) is 9.78 Å². The van der Waals surface area contributed by atoms with Crippen molar-refractivity contribution >= 4 is 12.0 Å². The molecule has 2 heterocycles. The molecule has 1 aromatic carbocycles. The van der Waals surface area contributed by atoms with Gasteiger partial charge in [0.1, 0.15) is 11.6 Å². The maximum absolute atomic E-state index is 12.1. The van der Waals surface area contributed by atoms with Crippen molar-refractivity contribution in [2.45, 2.75) is 6.54 Å². The number of benzene rings is 1. The smallest absolute Gasteiger partial charge is 0.262 e. The molecule has 0 aliphatic carbocycles. The normalized spacial score (nSPS) is 12.6. The largest absolute Gasteiger partial charge is 0.454 e. The Labute approximate surface area is 133 Å². The van der Waals surface area contributed by atoms with Gasteiger partial charge in [-0.25, -0.2) is 0 Å². The summed E-state index contributed by atoms with van der Waals surface area (Å²) in [5.41, 5.74) is 1.64. The zero-order chi connectivity index (χ0) is 16.1. The Kier molecular flexibility index (Phi) is 4.20. The van der Waals surface area contributed by atoms with Crippen molar-refractivity contribution in [1.82, 2.24) is 10.3 Å². The van der Waals surface area contributed by atoms with Crippen molar-refractivity contribution in [2.24, 2.45) is 0 Å². The van der Waals surface area contributed by atoms with Gasteiger partial charge >= 0.3 is 0 Å². The van der Waals surface area contributed by atoms with Crippen LogP contribution in [0, 0.1) is 11.3 Å². The second-order valence-corrected chi connectivity index (χ2v) is 4.82. The first-order valence-corrected chi connectivity index (χ1v) is 6.95. The number of hydrogen-bond donors (Lipinski definition) is 1. The highest BCUT2D eigenvalue weighted by molar-refractivity contribution is 6.01. The summed E-state index contributed by atoms with van der Waals surface area (Å²) in [5.74, 6) is 0.831. The number of fused-ring (bicyclic) bond motifs is 1. The van der Waals surface area contributed by atoms with Gasteiger partial charge in [-0.1, -0.05) is 6.07 Å². The van der Waals surface area contributed by atoms with Crippen LogP contribution >= 0.6 is 0 Å². The van der Waals surface area contributed by atoms with E-state index in [-0.39, 0.29) is 12.4 Å². The number of carbonyl (C=O) groups excluding carboxylic acids is 1. The first kappa shape index (κ1) is 14.6. The summed E-state index contributed by atoms with van der Waals surface area (Å²) < 4.78 is 10.5. The van der Waals surface area contributed by atoms with Crippen LogP contribution in [-0.2, 0) is 11.3 Å². The highest BCUT2D eigenvalue weighted by atomic mass is 16.7. The summed E-state index contributed by atoms with van der Waals surface area (Å²) in [4.78, 5) is 16.0. The summed E-state index contributed by atoms with van der Waals surface area (Å²) in [7, 11) is 0. The SMILES string of the molecule is N#C/C(=C\c1ccc2c(c1)OCO2)C(=O)NCc1ccncc1. The summed E-state index contributed by atoms with van der Waals surface area (Å²) in [6.45, 7) is 0.515. The Balaban J connectivity index is 1.71. The maximum atomic E-state index is 12.1. The predicted octanol–water partition coefficient (Wildman–Crippen LogP) is 2.03. The lowest BCUT2D eigenvalue weighted by Crippen LogP contribution is -2.23. The van der Waals surface area contributed by atoms with Gasteiger partial charge in [-0.15, -0.1) is 0 Å². The molecule has 2 aromatic rings. The third-order valence-corrected chi connectivity index (χ3v) is 3.28. The average molecular weight is 307 g/mol. The average Bonchev–Trinajstić information content (AvgIpc) is 3.06. The summed E-state index contributed by atoms with van der Waals surface area (Å²) >= 11 is 0. The van der Waals surface area contributed by atoms with Gasteiger partial charge < -0.3 is 14.8 Å². The first-order chi connectivity index (χ1) is 11.3. The summed E-state index contributed by atoms with van der Waals surface area (Å²) in [6, 6.07) is 10.8. The number of nitriles is 1. The number of nitrogens with zero attached hydrogens (tertiary/aromatic N) is 2. The Morgan fingerprint density at radius 1 is 1.26 bits per heavy atom. The van der Waals surface area contributed by atoms with Crippen molar-refractivity contribution in [1.29, 1.82) is 5.26 Å². The molecule has 6 heteroatoms. The Morgan fingerprint density at radius 2 is 2.04 bits per heavy atom. The van der Waals surface area contributed by atoms with E-state index in [1.807, 2.05) is 6.07 Å². The molecular weight excluding hydrogens is 294 g/mol. The van der Waals surface area contributed by atoms with E-state index < -0.39 is 5.91 Å². The molecule has 1 aliphatic rings. The van der Waals surface area contributed by atoms with Crippen molar-refractivity contribution < 1.29 is 14.3 Å². The molecule has 0 spiro atoms. The van der Waals surface area contributed by atoms with Crippen LogP contribution in [0.15, 0.2) is 48.3 Å². The van der Waals surface area contributed by atoms with E-state index in [4.69, 9.17) is 9.47 Å². The monoisotopic (exact) mass is 307 g/mol. The van der Waals surface area contributed by atoms with Crippen molar-refractivity contribution in [2.75, 3.05) is 6.79 Å². The fourth-order valence-corrected chi connectivity index (χ4v) is 2.10. The van der Waals surface area contributed by atoms with Crippen LogP contribution in [0.3, 0.4) is 0 Å². The first-order valence-electron chi connectivity index (χ1n) is 6.95. The van der Waals surface area contributed by atoms with Gasteiger partial charge in [0.2, 0.25) is 6.79 Å². The zero-order valence-electron chi connectivity index (χ0n) is 12.2. The molecule has 1 N–H and O–H groups in total. The zero-order valence-corrected chi connectivity index (χ0v) is 12.2. The van der Waals surface area contributed by atoms with Crippen molar-refractivity contribution in [3.8, 4) is 17.6 Å². The van der Waals surface area contributed by atoms with Crippen molar-refractivity contribution in [3.63, 3.8) is 0 Å². The lowest BCUT2D eigenvalue weighted by atomic mass is 10.1. The van der Waals surface area contributed by atoms with E-state index in [2.05, 4.69) is 10.3 Å². The molecule has 0 saturated heterocycles. The quantitative estimate of drug-likeness (QED) is 0.690. The standard InChI is InChI=1S/C17H13N3O3/c18-9-14(17(21)20-10-12-3-5-19-6-4-12)7-13-1-2-15-16(8-13)23-11-22-15/h1-8H,10-11H2,(H,20,21)/b14-7+. The van der Waals surface area contributed by atoms with Gasteiger partial charge in [0.15, 0.2) is 11.5 Å². The number of hydrogen-bond acceptors (Lipinski definition) is 5. The topological polar surface area (TPSA) is 84.2 Å². The van der Waals surface area contributed by atoms with Crippen LogP contribution < -0.4 is 14.8 Å². The van der Waals surface area contributed by atoms with Gasteiger partial charge in [-0.05, 0) is 41.5 Å². The van der Waals surface area contributed by atoms with E-state index in [0.717, 1.165) is 5.56 Å². The molecule has 1 amide bonds. The molecule has 0 saturated carbocycles. The van der Waals surface area contributed by atoms with Crippen LogP contribution in [0.2, 0.25) is 0 Å². The Bertz CT molecular complexity index is 794. The number of aromatic nitrogens is 1. The molecule has 0 bridgehead atoms. The van der Waals surface area contributed by atoms with Gasteiger partial charge in [0, 0.05) is 18.9 Å². The van der Waals surface area contributed by atoms with Crippen LogP contribution in [0.25, 0.3) is 6.08 Å². The second-order valence-electron chi connectivity index (χ2n) is 4.82. The molecule has 1 aromatic heterocycles. The molecule has 0 fully saturated rings. The molecule has 114 valence electrons. The Hall–Kier alpha value is -3.33. The van der Waals surface area contributed by atoms with E-state index in [0.29, 0.717) is 23.6 Å². The van der Waals surface area contributed by atoms with Crippen molar-refractivity contribution in [3.05, 3.63) is 59.4 Å². The van der Waals surface area contributed by atoms with Gasteiger partial charge in [0.05, 0.1) is 0 Å². The minimum atomic E-state index is -0.429. The molecule has 3 rings (SSSR count). The number of nitrogens with one attached hydrogen (secondary N) is 1. The van der Waals surface area contributed by atoms with Gasteiger partial charge in [-0.2, -0.15) is 5.26 Å². The van der Waals surface area contributed by atoms with Crippen LogP contribution in [0.5, 0.6) is 11.5 Å². The third kappa shape index (κ3) is 3.47. The molecule has 0 radical (unpaired) electrons. The second kappa shape index (κ2) is 6.62. The van der Waals surface area contributed by atoms with E-state index in [1.54, 1.807) is 42.7 Å². The van der Waals surface area contributed by atoms with E-state index >= 15 is 0 Å². The maximum Gasteiger partial charge on any atom is 0.262 e. The molecule has 1 aliphatic heterocycles. The molecular formula is C17H13N3O3. The lowest BCUT2D eigenvalue weighted by molar-refractivity contribution is -0.117. The highest BCUT2D eigenvalue weighted by Gasteiger charge is 2.14. The minimum Gasteiger partial charge on any atom is -0.454 e. The molecule has 23 heavy (non-hydrogen) atoms. The third-order valence-electron chi connectivity index (χ3n) is 3.28. The summed E-state index contributed by atoms with van der Waals surface area (Å²) in [5, 5.41) is 11.9. The number of pyridine rings is 1. The Morgan fingerprint density at radius 3 is 2.83 bits per heavy atom. The van der Waals surface area contributed by atoms with Gasteiger partial charge in [0.25, 0.3) is 5.91 Å². The molecule has 6 nitrogen and oxygen atoms in total. The van der Waals surface area contributed by atoms with Crippen LogP contribution in [0.1, 0.15) is 11.1 Å². The van der Waals surface area contributed by atoms with Crippen LogP contribution in [-0.4, -0.2) is 17.7 Å². The van der Waals surface area contributed by atoms with E-state index in [1.165, 1.54) is 6.08 Å². The predicted molar refractivity (Wildman–Crippen MR) is 82.2 cm³/mol. The number of amides is 1. The van der Waals surface area contributed by atoms with E-state index in [9.17, 15) is 10.1 Å². The molecule has 0 atom stereocenters. The minimum absolute atomic E-state index is 0.0259. The summed E-state index contributed by atoms with van der Waals surface area (Å²) in [6.07, 6.45) is 4.81. The fourth-order valence-electron chi connectivity index (χ4n) is 2.10. The number of rotatable bonds is 4. The van der Waals surface area contributed by atoms with Crippen LogP contribution in [0.4, 0.5) is 0 Å². The lowest BCUT2D eigenvalue weighted by Gasteiger charge is -2.04. The number of carbonyl (C=O) groups is 1.